The Morgan fingerprint density at radius 3 is 2.32 bits per heavy atom. The van der Waals surface area contributed by atoms with Gasteiger partial charge in [0.2, 0.25) is 15.9 Å². The molecule has 1 N–H and O–H groups in total. The molecule has 1 aliphatic rings. The standard InChI is InChI=1S/C23H30N2O5S/c1-17-9-14-21(30-3)22(15-17)31(27,28)25(19-7-5-4-6-8-19)16-23(26)24-18-10-12-20(29-2)13-11-18/h9-15,19H,4-8,16H2,1-3H3,(H,24,26). The van der Waals surface area contributed by atoms with Crippen LogP contribution in [0, 0.1) is 6.92 Å². The van der Waals surface area contributed by atoms with Crippen molar-refractivity contribution in [1.82, 2.24) is 4.31 Å². The van der Waals surface area contributed by atoms with E-state index in [0.29, 0.717) is 11.4 Å². The van der Waals surface area contributed by atoms with Gasteiger partial charge in [-0.2, -0.15) is 4.31 Å². The monoisotopic (exact) mass is 446 g/mol. The van der Waals surface area contributed by atoms with Crippen molar-refractivity contribution in [2.75, 3.05) is 26.1 Å². The van der Waals surface area contributed by atoms with Crippen molar-refractivity contribution in [1.29, 1.82) is 0 Å². The van der Waals surface area contributed by atoms with Crippen molar-refractivity contribution >= 4 is 21.6 Å². The third-order valence-electron chi connectivity index (χ3n) is 5.56. The number of benzene rings is 2. The highest BCUT2D eigenvalue weighted by Gasteiger charge is 2.35. The van der Waals surface area contributed by atoms with Gasteiger partial charge in [-0.25, -0.2) is 8.42 Å². The summed E-state index contributed by atoms with van der Waals surface area (Å²) >= 11 is 0. The third-order valence-corrected chi connectivity index (χ3v) is 7.48. The van der Waals surface area contributed by atoms with Crippen LogP contribution < -0.4 is 14.8 Å². The van der Waals surface area contributed by atoms with Crippen molar-refractivity contribution in [2.24, 2.45) is 0 Å². The lowest BCUT2D eigenvalue weighted by Crippen LogP contribution is -2.45. The molecule has 0 aromatic heterocycles. The summed E-state index contributed by atoms with van der Waals surface area (Å²) in [7, 11) is -0.918. The van der Waals surface area contributed by atoms with Crippen LogP contribution in [-0.2, 0) is 14.8 Å². The molecule has 1 fully saturated rings. The van der Waals surface area contributed by atoms with Crippen LogP contribution in [0.3, 0.4) is 0 Å². The molecular formula is C23H30N2O5S. The molecule has 0 radical (unpaired) electrons. The van der Waals surface area contributed by atoms with Crippen LogP contribution in [0.25, 0.3) is 0 Å². The first-order valence-electron chi connectivity index (χ1n) is 10.5. The molecule has 168 valence electrons. The number of hydrogen-bond donors (Lipinski definition) is 1. The number of methoxy groups -OCH3 is 2. The lowest BCUT2D eigenvalue weighted by atomic mass is 9.95. The molecule has 2 aromatic rings. The second kappa shape index (κ2) is 10.2. The molecule has 0 saturated heterocycles. The predicted octanol–water partition coefficient (Wildman–Crippen LogP) is 3.97. The highest BCUT2D eigenvalue weighted by Crippen LogP contribution is 2.32. The van der Waals surface area contributed by atoms with E-state index in [9.17, 15) is 13.2 Å². The maximum Gasteiger partial charge on any atom is 0.247 e. The van der Waals surface area contributed by atoms with E-state index in [0.717, 1.165) is 37.7 Å². The van der Waals surface area contributed by atoms with Crippen LogP contribution >= 0.6 is 0 Å². The number of nitrogens with zero attached hydrogens (tertiary/aromatic N) is 1. The summed E-state index contributed by atoms with van der Waals surface area (Å²) in [6.45, 7) is 1.58. The van der Waals surface area contributed by atoms with Gasteiger partial charge >= 0.3 is 0 Å². The number of hydrogen-bond acceptors (Lipinski definition) is 5. The topological polar surface area (TPSA) is 84.9 Å². The van der Waals surface area contributed by atoms with Crippen LogP contribution in [0.4, 0.5) is 5.69 Å². The highest BCUT2D eigenvalue weighted by molar-refractivity contribution is 7.89. The Morgan fingerprint density at radius 2 is 1.71 bits per heavy atom. The van der Waals surface area contributed by atoms with E-state index < -0.39 is 10.0 Å². The smallest absolute Gasteiger partial charge is 0.247 e. The number of anilines is 1. The zero-order chi connectivity index (χ0) is 22.4. The second-order valence-electron chi connectivity index (χ2n) is 7.77. The molecule has 2 aromatic carbocycles. The van der Waals surface area contributed by atoms with E-state index >= 15 is 0 Å². The maximum atomic E-state index is 13.7. The molecule has 1 aliphatic carbocycles. The van der Waals surface area contributed by atoms with Gasteiger partial charge in [0.1, 0.15) is 16.4 Å². The Labute approximate surface area is 184 Å². The highest BCUT2D eigenvalue weighted by atomic mass is 32.2. The van der Waals surface area contributed by atoms with Gasteiger partial charge in [-0.15, -0.1) is 0 Å². The largest absolute Gasteiger partial charge is 0.497 e. The van der Waals surface area contributed by atoms with Crippen LogP contribution in [0.5, 0.6) is 11.5 Å². The van der Waals surface area contributed by atoms with Gasteiger partial charge in [-0.3, -0.25) is 4.79 Å². The first-order chi connectivity index (χ1) is 14.8. The Balaban J connectivity index is 1.88. The predicted molar refractivity (Wildman–Crippen MR) is 120 cm³/mol. The molecule has 0 aliphatic heterocycles. The average Bonchev–Trinajstić information content (AvgIpc) is 2.78. The molecule has 0 atom stereocenters. The first-order valence-corrected chi connectivity index (χ1v) is 11.9. The minimum absolute atomic E-state index is 0.0952. The van der Waals surface area contributed by atoms with Gasteiger partial charge in [0.25, 0.3) is 0 Å². The van der Waals surface area contributed by atoms with E-state index in [-0.39, 0.29) is 29.1 Å². The van der Waals surface area contributed by atoms with Crippen LogP contribution in [0.2, 0.25) is 0 Å². The number of amides is 1. The van der Waals surface area contributed by atoms with Crippen molar-refractivity contribution in [3.63, 3.8) is 0 Å². The molecule has 1 amide bonds. The third kappa shape index (κ3) is 5.57. The Kier molecular flexibility index (Phi) is 7.56. The molecule has 0 unspecified atom stereocenters. The SMILES string of the molecule is COc1ccc(NC(=O)CN(C2CCCCC2)S(=O)(=O)c2cc(C)ccc2OC)cc1. The fourth-order valence-corrected chi connectivity index (χ4v) is 5.79. The Morgan fingerprint density at radius 1 is 1.03 bits per heavy atom. The average molecular weight is 447 g/mol. The van der Waals surface area contributed by atoms with Crippen molar-refractivity contribution in [3.8, 4) is 11.5 Å². The minimum atomic E-state index is -3.94. The normalized spacial score (nSPS) is 15.0. The number of carbonyl (C=O) groups excluding carboxylic acids is 1. The lowest BCUT2D eigenvalue weighted by Gasteiger charge is -2.33. The van der Waals surface area contributed by atoms with Gasteiger partial charge in [0.05, 0.1) is 20.8 Å². The molecule has 1 saturated carbocycles. The zero-order valence-corrected chi connectivity index (χ0v) is 19.1. The summed E-state index contributed by atoms with van der Waals surface area (Å²) in [5.74, 6) is 0.573. The van der Waals surface area contributed by atoms with E-state index in [1.165, 1.54) is 11.4 Å². The fraction of sp³-hybridized carbons (Fsp3) is 0.435. The van der Waals surface area contributed by atoms with Crippen LogP contribution in [0.15, 0.2) is 47.4 Å². The Hall–Kier alpha value is -2.58. The van der Waals surface area contributed by atoms with Crippen LogP contribution in [-0.4, -0.2) is 45.4 Å². The molecule has 3 rings (SSSR count). The minimum Gasteiger partial charge on any atom is -0.497 e. The van der Waals surface area contributed by atoms with E-state index in [1.54, 1.807) is 49.6 Å². The molecule has 0 spiro atoms. The van der Waals surface area contributed by atoms with Gasteiger partial charge in [0, 0.05) is 11.7 Å². The molecule has 31 heavy (non-hydrogen) atoms. The number of carbonyl (C=O) groups is 1. The summed E-state index contributed by atoms with van der Waals surface area (Å²) in [5.41, 5.74) is 1.39. The van der Waals surface area contributed by atoms with Crippen molar-refractivity contribution < 1.29 is 22.7 Å². The van der Waals surface area contributed by atoms with Crippen molar-refractivity contribution in [2.45, 2.75) is 50.0 Å². The molecular weight excluding hydrogens is 416 g/mol. The number of aryl methyl sites for hydroxylation is 1. The number of rotatable bonds is 8. The number of ether oxygens (including phenoxy) is 2. The summed E-state index contributed by atoms with van der Waals surface area (Å²) < 4.78 is 39.2. The van der Waals surface area contributed by atoms with Gasteiger partial charge in [-0.1, -0.05) is 25.3 Å². The van der Waals surface area contributed by atoms with Crippen molar-refractivity contribution in [3.05, 3.63) is 48.0 Å². The van der Waals surface area contributed by atoms with E-state index in [4.69, 9.17) is 9.47 Å². The van der Waals surface area contributed by atoms with E-state index in [2.05, 4.69) is 5.32 Å². The summed E-state index contributed by atoms with van der Waals surface area (Å²) in [5, 5.41) is 2.79. The van der Waals surface area contributed by atoms with E-state index in [1.807, 2.05) is 6.92 Å². The summed E-state index contributed by atoms with van der Waals surface area (Å²) in [4.78, 5) is 12.9. The number of sulfonamides is 1. The van der Waals surface area contributed by atoms with Gasteiger partial charge in [0.15, 0.2) is 0 Å². The van der Waals surface area contributed by atoms with Gasteiger partial charge in [-0.05, 0) is 61.7 Å². The lowest BCUT2D eigenvalue weighted by molar-refractivity contribution is -0.116. The molecule has 0 bridgehead atoms. The fourth-order valence-electron chi connectivity index (χ4n) is 3.91. The first kappa shape index (κ1) is 23.1. The zero-order valence-electron chi connectivity index (χ0n) is 18.3. The molecule has 7 nitrogen and oxygen atoms in total. The quantitative estimate of drug-likeness (QED) is 0.663. The second-order valence-corrected chi connectivity index (χ2v) is 9.63. The summed E-state index contributed by atoms with van der Waals surface area (Å²) in [6.07, 6.45) is 4.45. The van der Waals surface area contributed by atoms with Gasteiger partial charge < -0.3 is 14.8 Å². The Bertz CT molecular complexity index is 999. The molecule has 8 heteroatoms. The summed E-state index contributed by atoms with van der Waals surface area (Å²) in [6, 6.07) is 11.8. The maximum absolute atomic E-state index is 13.7. The molecule has 0 heterocycles. The van der Waals surface area contributed by atoms with Crippen LogP contribution in [0.1, 0.15) is 37.7 Å². The number of nitrogens with one attached hydrogen (secondary N) is 1.